The van der Waals surface area contributed by atoms with Gasteiger partial charge in [0.05, 0.1) is 0 Å². The molecule has 0 bridgehead atoms. The Morgan fingerprint density at radius 2 is 1.68 bits per heavy atom. The van der Waals surface area contributed by atoms with E-state index in [0.29, 0.717) is 17.5 Å². The number of benzene rings is 1. The SMILES string of the molecule is O=C1CC(CCCCCCBr)C(=O)c2ccccc21. The highest BCUT2D eigenvalue weighted by molar-refractivity contribution is 9.09. The second-order valence-electron chi connectivity index (χ2n) is 5.13. The van der Waals surface area contributed by atoms with Crippen LogP contribution in [-0.4, -0.2) is 16.9 Å². The maximum Gasteiger partial charge on any atom is 0.167 e. The van der Waals surface area contributed by atoms with Crippen LogP contribution in [0.25, 0.3) is 0 Å². The quantitative estimate of drug-likeness (QED) is 0.574. The number of fused-ring (bicyclic) bond motifs is 1. The lowest BCUT2D eigenvalue weighted by Crippen LogP contribution is -2.26. The van der Waals surface area contributed by atoms with Gasteiger partial charge in [0.1, 0.15) is 0 Å². The summed E-state index contributed by atoms with van der Waals surface area (Å²) in [6.07, 6.45) is 5.80. The van der Waals surface area contributed by atoms with Crippen molar-refractivity contribution in [2.24, 2.45) is 5.92 Å². The summed E-state index contributed by atoms with van der Waals surface area (Å²) in [7, 11) is 0. The summed E-state index contributed by atoms with van der Waals surface area (Å²) in [5.74, 6) is 0.197. The van der Waals surface area contributed by atoms with E-state index in [1.54, 1.807) is 12.1 Å². The Morgan fingerprint density at radius 3 is 2.42 bits per heavy atom. The van der Waals surface area contributed by atoms with Crippen molar-refractivity contribution in [3.05, 3.63) is 35.4 Å². The summed E-state index contributed by atoms with van der Waals surface area (Å²) in [5, 5.41) is 1.04. The van der Waals surface area contributed by atoms with Gasteiger partial charge in [0, 0.05) is 28.8 Å². The van der Waals surface area contributed by atoms with Crippen molar-refractivity contribution < 1.29 is 9.59 Å². The van der Waals surface area contributed by atoms with Crippen molar-refractivity contribution in [3.8, 4) is 0 Å². The van der Waals surface area contributed by atoms with Crippen LogP contribution in [0, 0.1) is 5.92 Å². The Hall–Kier alpha value is -0.960. The van der Waals surface area contributed by atoms with Crippen molar-refractivity contribution in [1.82, 2.24) is 0 Å². The fourth-order valence-corrected chi connectivity index (χ4v) is 3.06. The average Bonchev–Trinajstić information content (AvgIpc) is 2.44. The number of alkyl halides is 1. The molecule has 0 amide bonds. The van der Waals surface area contributed by atoms with Gasteiger partial charge in [-0.1, -0.05) is 59.5 Å². The van der Waals surface area contributed by atoms with E-state index in [2.05, 4.69) is 15.9 Å². The molecule has 1 aliphatic carbocycles. The van der Waals surface area contributed by atoms with Crippen molar-refractivity contribution in [2.75, 3.05) is 5.33 Å². The summed E-state index contributed by atoms with van der Waals surface area (Å²) in [6.45, 7) is 0. The molecule has 1 aromatic rings. The maximum absolute atomic E-state index is 12.3. The average molecular weight is 323 g/mol. The smallest absolute Gasteiger partial charge is 0.167 e. The largest absolute Gasteiger partial charge is 0.294 e. The Labute approximate surface area is 122 Å². The first-order valence-corrected chi connectivity index (χ1v) is 8.08. The molecule has 2 nitrogen and oxygen atoms in total. The van der Waals surface area contributed by atoms with Crippen molar-refractivity contribution in [1.29, 1.82) is 0 Å². The number of halogens is 1. The van der Waals surface area contributed by atoms with E-state index in [1.165, 1.54) is 12.8 Å². The molecule has 0 saturated carbocycles. The summed E-state index contributed by atoms with van der Waals surface area (Å²) in [4.78, 5) is 24.3. The minimum atomic E-state index is -0.0913. The van der Waals surface area contributed by atoms with Gasteiger partial charge in [-0.3, -0.25) is 9.59 Å². The molecule has 0 aliphatic heterocycles. The molecule has 0 spiro atoms. The molecule has 0 fully saturated rings. The van der Waals surface area contributed by atoms with Crippen LogP contribution in [-0.2, 0) is 0 Å². The van der Waals surface area contributed by atoms with Crippen LogP contribution in [0.1, 0.15) is 59.2 Å². The molecular formula is C16H19BrO2. The molecular weight excluding hydrogens is 304 g/mol. The summed E-state index contributed by atoms with van der Waals surface area (Å²) in [5.41, 5.74) is 1.24. The highest BCUT2D eigenvalue weighted by atomic mass is 79.9. The molecule has 0 saturated heterocycles. The first kappa shape index (κ1) is 14.4. The predicted molar refractivity (Wildman–Crippen MR) is 80.1 cm³/mol. The minimum absolute atomic E-state index is 0.0913. The third kappa shape index (κ3) is 3.53. The Balaban J connectivity index is 1.94. The molecule has 1 aromatic carbocycles. The molecule has 2 rings (SSSR count). The van der Waals surface area contributed by atoms with Gasteiger partial charge in [-0.05, 0) is 12.8 Å². The number of Topliss-reactive ketones (excluding diaryl/α,β-unsaturated/α-hetero) is 2. The molecule has 1 atom stereocenters. The van der Waals surface area contributed by atoms with Crippen molar-refractivity contribution in [3.63, 3.8) is 0 Å². The van der Waals surface area contributed by atoms with Crippen LogP contribution in [0.15, 0.2) is 24.3 Å². The third-order valence-electron chi connectivity index (χ3n) is 3.73. The highest BCUT2D eigenvalue weighted by Gasteiger charge is 2.31. The Bertz CT molecular complexity index is 468. The Kier molecular flexibility index (Phi) is 5.32. The zero-order chi connectivity index (χ0) is 13.7. The fourth-order valence-electron chi connectivity index (χ4n) is 2.66. The first-order valence-electron chi connectivity index (χ1n) is 6.96. The van der Waals surface area contributed by atoms with Crippen LogP contribution in [0.4, 0.5) is 0 Å². The topological polar surface area (TPSA) is 34.1 Å². The lowest BCUT2D eigenvalue weighted by atomic mass is 9.79. The molecule has 0 N–H and O–H groups in total. The lowest BCUT2D eigenvalue weighted by molar-refractivity contribution is 0.0814. The predicted octanol–water partition coefficient (Wildman–Crippen LogP) is 4.42. The van der Waals surface area contributed by atoms with Crippen LogP contribution in [0.3, 0.4) is 0 Å². The number of hydrogen-bond donors (Lipinski definition) is 0. The van der Waals surface area contributed by atoms with E-state index in [4.69, 9.17) is 0 Å². The van der Waals surface area contributed by atoms with E-state index >= 15 is 0 Å². The summed E-state index contributed by atoms with van der Waals surface area (Å²) >= 11 is 3.41. The normalized spacial score (nSPS) is 18.5. The van der Waals surface area contributed by atoms with Crippen molar-refractivity contribution >= 4 is 27.5 Å². The van der Waals surface area contributed by atoms with Crippen molar-refractivity contribution in [2.45, 2.75) is 38.5 Å². The fraction of sp³-hybridized carbons (Fsp3) is 0.500. The molecule has 0 radical (unpaired) electrons. The monoisotopic (exact) mass is 322 g/mol. The first-order chi connectivity index (χ1) is 9.24. The van der Waals surface area contributed by atoms with Gasteiger partial charge < -0.3 is 0 Å². The molecule has 1 unspecified atom stereocenters. The molecule has 0 aromatic heterocycles. The molecule has 19 heavy (non-hydrogen) atoms. The second-order valence-corrected chi connectivity index (χ2v) is 5.92. The Morgan fingerprint density at radius 1 is 1.00 bits per heavy atom. The number of carbonyl (C=O) groups is 2. The number of carbonyl (C=O) groups excluding carboxylic acids is 2. The highest BCUT2D eigenvalue weighted by Crippen LogP contribution is 2.28. The zero-order valence-corrected chi connectivity index (χ0v) is 12.6. The molecule has 3 heteroatoms. The number of unbranched alkanes of at least 4 members (excludes halogenated alkanes) is 3. The zero-order valence-electron chi connectivity index (χ0n) is 11.0. The second kappa shape index (κ2) is 6.99. The van der Waals surface area contributed by atoms with Gasteiger partial charge in [0.2, 0.25) is 0 Å². The van der Waals surface area contributed by atoms with E-state index < -0.39 is 0 Å². The van der Waals surface area contributed by atoms with Crippen LogP contribution < -0.4 is 0 Å². The van der Waals surface area contributed by atoms with E-state index in [1.807, 2.05) is 12.1 Å². The number of ketones is 2. The standard InChI is InChI=1S/C16H19BrO2/c17-10-6-2-1-3-7-12-11-15(18)13-8-4-5-9-14(13)16(12)19/h4-5,8-9,12H,1-3,6-7,10-11H2. The van der Waals surface area contributed by atoms with Gasteiger partial charge in [0.25, 0.3) is 0 Å². The van der Waals surface area contributed by atoms with Crippen LogP contribution in [0.5, 0.6) is 0 Å². The van der Waals surface area contributed by atoms with Gasteiger partial charge in [-0.15, -0.1) is 0 Å². The molecule has 1 aliphatic rings. The van der Waals surface area contributed by atoms with Gasteiger partial charge >= 0.3 is 0 Å². The lowest BCUT2D eigenvalue weighted by Gasteiger charge is -2.22. The summed E-state index contributed by atoms with van der Waals surface area (Å²) in [6, 6.07) is 7.21. The number of rotatable bonds is 6. The number of hydrogen-bond acceptors (Lipinski definition) is 2. The van der Waals surface area contributed by atoms with Gasteiger partial charge in [0.15, 0.2) is 11.6 Å². The van der Waals surface area contributed by atoms with E-state index in [0.717, 1.165) is 24.6 Å². The molecule has 102 valence electrons. The van der Waals surface area contributed by atoms with E-state index in [9.17, 15) is 9.59 Å². The third-order valence-corrected chi connectivity index (χ3v) is 4.29. The van der Waals surface area contributed by atoms with E-state index in [-0.39, 0.29) is 17.5 Å². The van der Waals surface area contributed by atoms with Gasteiger partial charge in [-0.2, -0.15) is 0 Å². The minimum Gasteiger partial charge on any atom is -0.294 e. The van der Waals surface area contributed by atoms with Crippen LogP contribution in [0.2, 0.25) is 0 Å². The molecule has 0 heterocycles. The summed E-state index contributed by atoms with van der Waals surface area (Å²) < 4.78 is 0. The van der Waals surface area contributed by atoms with Crippen LogP contribution >= 0.6 is 15.9 Å². The van der Waals surface area contributed by atoms with Gasteiger partial charge in [-0.25, -0.2) is 0 Å². The maximum atomic E-state index is 12.3.